The molecular formula is C10H19N. The Labute approximate surface area is 69.4 Å². The molecule has 0 bridgehead atoms. The monoisotopic (exact) mass is 153 g/mol. The van der Waals surface area contributed by atoms with E-state index >= 15 is 0 Å². The van der Waals surface area contributed by atoms with Gasteiger partial charge in [-0.15, -0.1) is 0 Å². The molecule has 2 aliphatic carbocycles. The molecule has 0 spiro atoms. The summed E-state index contributed by atoms with van der Waals surface area (Å²) in [5, 5.41) is 0. The van der Waals surface area contributed by atoms with E-state index in [1.165, 1.54) is 12.8 Å². The summed E-state index contributed by atoms with van der Waals surface area (Å²) in [5.74, 6) is 1.75. The molecular weight excluding hydrogens is 134 g/mol. The van der Waals surface area contributed by atoms with Crippen LogP contribution in [0, 0.1) is 22.7 Å². The molecule has 2 atom stereocenters. The molecule has 2 fully saturated rings. The van der Waals surface area contributed by atoms with Gasteiger partial charge in [0, 0.05) is 0 Å². The maximum atomic E-state index is 5.72. The molecule has 11 heavy (non-hydrogen) atoms. The van der Waals surface area contributed by atoms with Crippen LogP contribution < -0.4 is 5.73 Å². The van der Waals surface area contributed by atoms with Crippen molar-refractivity contribution in [2.45, 2.75) is 33.6 Å². The van der Waals surface area contributed by atoms with E-state index in [1.807, 2.05) is 0 Å². The molecule has 2 aliphatic rings. The minimum atomic E-state index is 0.556. The first-order valence-corrected chi connectivity index (χ1v) is 4.72. The molecule has 2 saturated carbocycles. The average molecular weight is 153 g/mol. The Hall–Kier alpha value is -0.0400. The lowest BCUT2D eigenvalue weighted by Gasteiger charge is -2.08. The lowest BCUT2D eigenvalue weighted by molar-refractivity contribution is 0.402. The highest BCUT2D eigenvalue weighted by atomic mass is 14.8. The maximum absolute atomic E-state index is 5.72. The lowest BCUT2D eigenvalue weighted by atomic mass is 9.96. The minimum absolute atomic E-state index is 0.556. The van der Waals surface area contributed by atoms with Crippen LogP contribution in [0.4, 0.5) is 0 Å². The Morgan fingerprint density at radius 1 is 1.27 bits per heavy atom. The maximum Gasteiger partial charge on any atom is -0.00406 e. The van der Waals surface area contributed by atoms with Crippen LogP contribution >= 0.6 is 0 Å². The van der Waals surface area contributed by atoms with Crippen molar-refractivity contribution < 1.29 is 0 Å². The molecule has 1 nitrogen and oxygen atoms in total. The molecule has 64 valence electrons. The van der Waals surface area contributed by atoms with E-state index in [0.29, 0.717) is 10.8 Å². The molecule has 2 rings (SSSR count). The summed E-state index contributed by atoms with van der Waals surface area (Å²) in [6.45, 7) is 8.07. The molecule has 0 saturated heterocycles. The Morgan fingerprint density at radius 3 is 2.09 bits per heavy atom. The normalized spacial score (nSPS) is 43.6. The molecule has 1 heteroatoms. The van der Waals surface area contributed by atoms with E-state index < -0.39 is 0 Å². The zero-order valence-corrected chi connectivity index (χ0v) is 7.85. The smallest absolute Gasteiger partial charge is 0.00406 e. The fourth-order valence-corrected chi connectivity index (χ4v) is 3.08. The average Bonchev–Trinajstić information content (AvgIpc) is 2.72. The summed E-state index contributed by atoms with van der Waals surface area (Å²) >= 11 is 0. The van der Waals surface area contributed by atoms with Crippen LogP contribution in [0.25, 0.3) is 0 Å². The molecule has 0 radical (unpaired) electrons. The number of nitrogens with two attached hydrogens (primary N) is 1. The topological polar surface area (TPSA) is 26.0 Å². The molecule has 2 unspecified atom stereocenters. The first-order chi connectivity index (χ1) is 5.02. The van der Waals surface area contributed by atoms with Gasteiger partial charge in [-0.3, -0.25) is 0 Å². The second-order valence-electron chi connectivity index (χ2n) is 5.30. The Bertz CT molecular complexity index is 179. The van der Waals surface area contributed by atoms with Gasteiger partial charge in [0.1, 0.15) is 0 Å². The minimum Gasteiger partial charge on any atom is -0.330 e. The highest BCUT2D eigenvalue weighted by Gasteiger charge is 2.67. The summed E-state index contributed by atoms with van der Waals surface area (Å²) in [6.07, 6.45) is 2.88. The molecule has 0 aromatic carbocycles. The van der Waals surface area contributed by atoms with Crippen LogP contribution in [0.5, 0.6) is 0 Å². The van der Waals surface area contributed by atoms with Gasteiger partial charge < -0.3 is 5.73 Å². The van der Waals surface area contributed by atoms with E-state index in [-0.39, 0.29) is 0 Å². The van der Waals surface area contributed by atoms with Crippen molar-refractivity contribution >= 4 is 0 Å². The van der Waals surface area contributed by atoms with E-state index in [1.54, 1.807) is 0 Å². The standard InChI is InChI=1S/C10H19N/c1-9(2)7(6-11)8(9)10(3)4-5-10/h7-8H,4-6,11H2,1-3H3. The van der Waals surface area contributed by atoms with Gasteiger partial charge in [0.25, 0.3) is 0 Å². The van der Waals surface area contributed by atoms with Crippen LogP contribution in [0.3, 0.4) is 0 Å². The van der Waals surface area contributed by atoms with Crippen molar-refractivity contribution in [1.29, 1.82) is 0 Å². The first-order valence-electron chi connectivity index (χ1n) is 4.72. The lowest BCUT2D eigenvalue weighted by Crippen LogP contribution is -2.06. The Kier molecular flexibility index (Phi) is 1.26. The van der Waals surface area contributed by atoms with Gasteiger partial charge in [0.05, 0.1) is 0 Å². The summed E-state index contributed by atoms with van der Waals surface area (Å²) in [6, 6.07) is 0. The zero-order valence-electron chi connectivity index (χ0n) is 7.85. The summed E-state index contributed by atoms with van der Waals surface area (Å²) in [4.78, 5) is 0. The van der Waals surface area contributed by atoms with Crippen molar-refractivity contribution in [1.82, 2.24) is 0 Å². The van der Waals surface area contributed by atoms with E-state index in [4.69, 9.17) is 5.73 Å². The third kappa shape index (κ3) is 0.868. The predicted octanol–water partition coefficient (Wildman–Crippen LogP) is 2.02. The fourth-order valence-electron chi connectivity index (χ4n) is 3.08. The van der Waals surface area contributed by atoms with Crippen molar-refractivity contribution in [3.05, 3.63) is 0 Å². The number of rotatable bonds is 2. The molecule has 0 heterocycles. The third-order valence-corrected chi connectivity index (χ3v) is 4.09. The Morgan fingerprint density at radius 2 is 1.82 bits per heavy atom. The van der Waals surface area contributed by atoms with Gasteiger partial charge in [0.15, 0.2) is 0 Å². The summed E-state index contributed by atoms with van der Waals surface area (Å²) < 4.78 is 0. The highest BCUT2D eigenvalue weighted by Crippen LogP contribution is 2.72. The van der Waals surface area contributed by atoms with Gasteiger partial charge >= 0.3 is 0 Å². The molecule has 0 aromatic rings. The second kappa shape index (κ2) is 1.82. The highest BCUT2D eigenvalue weighted by molar-refractivity contribution is 5.16. The van der Waals surface area contributed by atoms with Gasteiger partial charge in [-0.05, 0) is 42.1 Å². The van der Waals surface area contributed by atoms with Crippen LogP contribution in [-0.4, -0.2) is 6.54 Å². The molecule has 0 aliphatic heterocycles. The van der Waals surface area contributed by atoms with Gasteiger partial charge in [-0.1, -0.05) is 20.8 Å². The predicted molar refractivity (Wildman–Crippen MR) is 47.2 cm³/mol. The van der Waals surface area contributed by atoms with Gasteiger partial charge in [-0.2, -0.15) is 0 Å². The molecule has 0 amide bonds. The van der Waals surface area contributed by atoms with Gasteiger partial charge in [-0.25, -0.2) is 0 Å². The third-order valence-electron chi connectivity index (χ3n) is 4.09. The van der Waals surface area contributed by atoms with Crippen molar-refractivity contribution in [3.63, 3.8) is 0 Å². The van der Waals surface area contributed by atoms with Crippen molar-refractivity contribution in [2.75, 3.05) is 6.54 Å². The van der Waals surface area contributed by atoms with E-state index in [2.05, 4.69) is 20.8 Å². The van der Waals surface area contributed by atoms with Crippen molar-refractivity contribution in [2.24, 2.45) is 28.4 Å². The second-order valence-corrected chi connectivity index (χ2v) is 5.30. The first kappa shape index (κ1) is 7.60. The largest absolute Gasteiger partial charge is 0.330 e. The molecule has 0 aromatic heterocycles. The SMILES string of the molecule is CC1(C2C(CN)C2(C)C)CC1. The zero-order chi connectivity index (χ0) is 8.28. The van der Waals surface area contributed by atoms with Crippen LogP contribution in [0.2, 0.25) is 0 Å². The van der Waals surface area contributed by atoms with E-state index in [0.717, 1.165) is 18.4 Å². The van der Waals surface area contributed by atoms with Crippen LogP contribution in [0.15, 0.2) is 0 Å². The summed E-state index contributed by atoms with van der Waals surface area (Å²) in [5.41, 5.74) is 6.97. The van der Waals surface area contributed by atoms with E-state index in [9.17, 15) is 0 Å². The summed E-state index contributed by atoms with van der Waals surface area (Å²) in [7, 11) is 0. The van der Waals surface area contributed by atoms with Crippen LogP contribution in [0.1, 0.15) is 33.6 Å². The van der Waals surface area contributed by atoms with Gasteiger partial charge in [0.2, 0.25) is 0 Å². The number of hydrogen-bond donors (Lipinski definition) is 1. The Balaban J connectivity index is 2.08. The molecule has 2 N–H and O–H groups in total. The van der Waals surface area contributed by atoms with Crippen molar-refractivity contribution in [3.8, 4) is 0 Å². The van der Waals surface area contributed by atoms with Crippen LogP contribution in [-0.2, 0) is 0 Å². The number of hydrogen-bond acceptors (Lipinski definition) is 1. The quantitative estimate of drug-likeness (QED) is 0.645. The fraction of sp³-hybridized carbons (Fsp3) is 1.00.